The van der Waals surface area contributed by atoms with Gasteiger partial charge in [0.05, 0.1) is 12.2 Å². The summed E-state index contributed by atoms with van der Waals surface area (Å²) in [5, 5.41) is 0. The minimum atomic E-state index is -0.200. The second kappa shape index (κ2) is 5.50. The molecule has 0 aliphatic carbocycles. The van der Waals surface area contributed by atoms with Crippen molar-refractivity contribution in [2.75, 3.05) is 0 Å². The summed E-state index contributed by atoms with van der Waals surface area (Å²) in [6.45, 7) is 4.43. The minimum Gasteiger partial charge on any atom is -0.347 e. The van der Waals surface area contributed by atoms with E-state index in [0.717, 1.165) is 12.8 Å². The smallest absolute Gasteiger partial charge is 0.169 e. The Balaban J connectivity index is 1.89. The molecule has 0 saturated carbocycles. The highest BCUT2D eigenvalue weighted by Gasteiger charge is 2.41. The van der Waals surface area contributed by atoms with Crippen LogP contribution in [0.15, 0.2) is 0 Å². The van der Waals surface area contributed by atoms with Crippen molar-refractivity contribution in [2.45, 2.75) is 89.6 Å². The van der Waals surface area contributed by atoms with Gasteiger partial charge in [-0.2, -0.15) is 0 Å². The molecular formula is C14H26O2. The highest BCUT2D eigenvalue weighted by Crippen LogP contribution is 2.39. The lowest BCUT2D eigenvalue weighted by atomic mass is 9.92. The summed E-state index contributed by atoms with van der Waals surface area (Å²) >= 11 is 0. The number of ether oxygens (including phenoxy) is 2. The van der Waals surface area contributed by atoms with Crippen LogP contribution in [0.1, 0.15) is 71.6 Å². The molecule has 3 atom stereocenters. The number of hydrogen-bond donors (Lipinski definition) is 0. The topological polar surface area (TPSA) is 18.5 Å². The standard InChI is InChI=1S/C14H26O2/c1-3-4-8-13-9-6-11-14(16-13)10-5-7-12(2)15-14/h12-13H,3-11H2,1-2H3/t12-,13-,14?/m0/s1. The van der Waals surface area contributed by atoms with Gasteiger partial charge in [0, 0.05) is 12.8 Å². The predicted molar refractivity (Wildman–Crippen MR) is 65.4 cm³/mol. The largest absolute Gasteiger partial charge is 0.347 e. The summed E-state index contributed by atoms with van der Waals surface area (Å²) in [5.41, 5.74) is 0. The zero-order chi connectivity index (χ0) is 11.4. The van der Waals surface area contributed by atoms with Gasteiger partial charge in [-0.05, 0) is 39.0 Å². The number of rotatable bonds is 3. The summed E-state index contributed by atoms with van der Waals surface area (Å²) in [4.78, 5) is 0. The average Bonchev–Trinajstić information content (AvgIpc) is 2.26. The van der Waals surface area contributed by atoms with Crippen molar-refractivity contribution in [3.63, 3.8) is 0 Å². The van der Waals surface area contributed by atoms with Gasteiger partial charge in [0.2, 0.25) is 0 Å². The van der Waals surface area contributed by atoms with Gasteiger partial charge in [-0.15, -0.1) is 0 Å². The first-order valence-electron chi connectivity index (χ1n) is 7.10. The van der Waals surface area contributed by atoms with Gasteiger partial charge in [0.25, 0.3) is 0 Å². The summed E-state index contributed by atoms with van der Waals surface area (Å²) < 4.78 is 12.4. The molecule has 16 heavy (non-hydrogen) atoms. The van der Waals surface area contributed by atoms with Crippen LogP contribution >= 0.6 is 0 Å². The molecule has 2 heteroatoms. The van der Waals surface area contributed by atoms with Gasteiger partial charge >= 0.3 is 0 Å². The Morgan fingerprint density at radius 2 is 1.88 bits per heavy atom. The summed E-state index contributed by atoms with van der Waals surface area (Å²) in [6.07, 6.45) is 11.8. The fourth-order valence-electron chi connectivity index (χ4n) is 3.07. The molecule has 1 spiro atoms. The zero-order valence-corrected chi connectivity index (χ0v) is 10.8. The monoisotopic (exact) mass is 226 g/mol. The van der Waals surface area contributed by atoms with Crippen LogP contribution in [0.5, 0.6) is 0 Å². The summed E-state index contributed by atoms with van der Waals surface area (Å²) in [5.74, 6) is -0.200. The lowest BCUT2D eigenvalue weighted by molar-refractivity contribution is -0.312. The Bertz CT molecular complexity index is 213. The fraction of sp³-hybridized carbons (Fsp3) is 1.00. The SMILES string of the molecule is CCCC[C@H]1CCCC2(CCC[C@H](C)O2)O1. The van der Waals surface area contributed by atoms with Gasteiger partial charge in [-0.1, -0.05) is 19.8 Å². The first-order valence-corrected chi connectivity index (χ1v) is 7.10. The van der Waals surface area contributed by atoms with E-state index in [2.05, 4.69) is 13.8 Å². The van der Waals surface area contributed by atoms with Gasteiger partial charge in [-0.3, -0.25) is 0 Å². The summed E-state index contributed by atoms with van der Waals surface area (Å²) in [7, 11) is 0. The third-order valence-corrected chi connectivity index (χ3v) is 3.93. The molecule has 2 fully saturated rings. The molecule has 2 rings (SSSR count). The maximum atomic E-state index is 6.27. The maximum absolute atomic E-state index is 6.27. The Labute approximate surface area is 99.7 Å². The number of hydrogen-bond acceptors (Lipinski definition) is 2. The third kappa shape index (κ3) is 2.98. The van der Waals surface area contributed by atoms with E-state index in [0.29, 0.717) is 12.2 Å². The van der Waals surface area contributed by atoms with Crippen LogP contribution in [0.2, 0.25) is 0 Å². The minimum absolute atomic E-state index is 0.200. The lowest BCUT2D eigenvalue weighted by Gasteiger charge is -2.45. The zero-order valence-electron chi connectivity index (χ0n) is 10.8. The van der Waals surface area contributed by atoms with Crippen LogP contribution in [0.4, 0.5) is 0 Å². The molecule has 0 bridgehead atoms. The van der Waals surface area contributed by atoms with E-state index in [-0.39, 0.29) is 5.79 Å². The molecule has 94 valence electrons. The molecule has 1 unspecified atom stereocenters. The lowest BCUT2D eigenvalue weighted by Crippen LogP contribution is -2.47. The van der Waals surface area contributed by atoms with E-state index in [9.17, 15) is 0 Å². The molecule has 0 aromatic heterocycles. The normalized spacial score (nSPS) is 40.1. The molecular weight excluding hydrogens is 200 g/mol. The van der Waals surface area contributed by atoms with Crippen LogP contribution < -0.4 is 0 Å². The van der Waals surface area contributed by atoms with E-state index >= 15 is 0 Å². The highest BCUT2D eigenvalue weighted by atomic mass is 16.7. The van der Waals surface area contributed by atoms with Gasteiger partial charge in [-0.25, -0.2) is 0 Å². The molecule has 0 aromatic carbocycles. The van der Waals surface area contributed by atoms with Crippen molar-refractivity contribution in [1.29, 1.82) is 0 Å². The first kappa shape index (κ1) is 12.4. The molecule has 2 aliphatic heterocycles. The van der Waals surface area contributed by atoms with Crippen molar-refractivity contribution in [1.82, 2.24) is 0 Å². The van der Waals surface area contributed by atoms with Crippen molar-refractivity contribution >= 4 is 0 Å². The average molecular weight is 226 g/mol. The molecule has 0 amide bonds. The molecule has 0 N–H and O–H groups in total. The Morgan fingerprint density at radius 3 is 2.56 bits per heavy atom. The molecule has 2 nitrogen and oxygen atoms in total. The second-order valence-corrected chi connectivity index (χ2v) is 5.51. The van der Waals surface area contributed by atoms with Gasteiger partial charge in [0.1, 0.15) is 0 Å². The summed E-state index contributed by atoms with van der Waals surface area (Å²) in [6, 6.07) is 0. The van der Waals surface area contributed by atoms with E-state index in [1.54, 1.807) is 0 Å². The van der Waals surface area contributed by atoms with Crippen molar-refractivity contribution in [2.24, 2.45) is 0 Å². The highest BCUT2D eigenvalue weighted by molar-refractivity contribution is 4.82. The Morgan fingerprint density at radius 1 is 1.12 bits per heavy atom. The second-order valence-electron chi connectivity index (χ2n) is 5.51. The van der Waals surface area contributed by atoms with E-state index < -0.39 is 0 Å². The first-order chi connectivity index (χ1) is 7.74. The van der Waals surface area contributed by atoms with E-state index in [1.807, 2.05) is 0 Å². The predicted octanol–water partition coefficient (Wildman–Crippen LogP) is 4.03. The quantitative estimate of drug-likeness (QED) is 0.723. The Hall–Kier alpha value is -0.0800. The molecule has 2 heterocycles. The number of unbranched alkanes of at least 4 members (excludes halogenated alkanes) is 1. The maximum Gasteiger partial charge on any atom is 0.169 e. The van der Waals surface area contributed by atoms with Crippen LogP contribution in [-0.4, -0.2) is 18.0 Å². The Kier molecular flexibility index (Phi) is 4.26. The van der Waals surface area contributed by atoms with Gasteiger partial charge in [0.15, 0.2) is 5.79 Å². The van der Waals surface area contributed by atoms with E-state index in [1.165, 1.54) is 44.9 Å². The van der Waals surface area contributed by atoms with Crippen molar-refractivity contribution < 1.29 is 9.47 Å². The van der Waals surface area contributed by atoms with Crippen LogP contribution in [0.25, 0.3) is 0 Å². The van der Waals surface area contributed by atoms with Crippen molar-refractivity contribution in [3.8, 4) is 0 Å². The molecule has 2 aliphatic rings. The third-order valence-electron chi connectivity index (χ3n) is 3.93. The van der Waals surface area contributed by atoms with Gasteiger partial charge < -0.3 is 9.47 Å². The van der Waals surface area contributed by atoms with E-state index in [4.69, 9.17) is 9.47 Å². The van der Waals surface area contributed by atoms with Crippen molar-refractivity contribution in [3.05, 3.63) is 0 Å². The fourth-order valence-corrected chi connectivity index (χ4v) is 3.07. The van der Waals surface area contributed by atoms with Crippen LogP contribution in [-0.2, 0) is 9.47 Å². The van der Waals surface area contributed by atoms with Crippen LogP contribution in [0.3, 0.4) is 0 Å². The molecule has 2 saturated heterocycles. The van der Waals surface area contributed by atoms with Crippen LogP contribution in [0, 0.1) is 0 Å². The molecule has 0 aromatic rings. The molecule has 0 radical (unpaired) electrons.